The van der Waals surface area contributed by atoms with Crippen molar-refractivity contribution in [3.05, 3.63) is 18.0 Å². The summed E-state index contributed by atoms with van der Waals surface area (Å²) in [6.45, 7) is 4.89. The number of nitrogens with zero attached hydrogens (tertiary/aromatic N) is 4. The lowest BCUT2D eigenvalue weighted by molar-refractivity contribution is -0.138. The van der Waals surface area contributed by atoms with Crippen LogP contribution < -0.4 is 0 Å². The monoisotopic (exact) mass is 268 g/mol. The number of hydrogen-bond acceptors (Lipinski definition) is 5. The van der Waals surface area contributed by atoms with Gasteiger partial charge >= 0.3 is 5.97 Å². The third kappa shape index (κ3) is 4.30. The van der Waals surface area contributed by atoms with Crippen LogP contribution in [0.3, 0.4) is 0 Å². The molecule has 1 fully saturated rings. The number of hydrogen-bond donors (Lipinski definition) is 2. The van der Waals surface area contributed by atoms with Crippen LogP contribution in [-0.4, -0.2) is 75.1 Å². The number of aliphatic hydroxyl groups is 1. The van der Waals surface area contributed by atoms with E-state index in [2.05, 4.69) is 10.00 Å². The van der Waals surface area contributed by atoms with Crippen LogP contribution in [0.2, 0.25) is 0 Å². The van der Waals surface area contributed by atoms with Crippen LogP contribution in [0.5, 0.6) is 0 Å². The molecule has 0 aliphatic carbocycles. The molecule has 1 aromatic heterocycles. The number of carboxylic acids is 1. The second kappa shape index (κ2) is 6.65. The fourth-order valence-corrected chi connectivity index (χ4v) is 2.27. The Kier molecular flexibility index (Phi) is 4.89. The maximum atomic E-state index is 10.6. The summed E-state index contributed by atoms with van der Waals surface area (Å²) in [4.78, 5) is 14.9. The Balaban J connectivity index is 1.76. The summed E-state index contributed by atoms with van der Waals surface area (Å²) in [6.07, 6.45) is 3.76. The molecule has 0 bridgehead atoms. The summed E-state index contributed by atoms with van der Waals surface area (Å²) in [7, 11) is 0. The lowest BCUT2D eigenvalue weighted by atomic mass is 10.2. The van der Waals surface area contributed by atoms with Crippen LogP contribution in [0.15, 0.2) is 12.4 Å². The van der Waals surface area contributed by atoms with E-state index in [9.17, 15) is 4.79 Å². The summed E-state index contributed by atoms with van der Waals surface area (Å²) >= 11 is 0. The van der Waals surface area contributed by atoms with Crippen LogP contribution >= 0.6 is 0 Å². The van der Waals surface area contributed by atoms with Gasteiger partial charge in [-0.25, -0.2) is 0 Å². The topological polar surface area (TPSA) is 81.8 Å². The van der Waals surface area contributed by atoms with Gasteiger partial charge in [0.1, 0.15) is 0 Å². The molecule has 7 heteroatoms. The molecule has 7 nitrogen and oxygen atoms in total. The zero-order valence-corrected chi connectivity index (χ0v) is 10.9. The highest BCUT2D eigenvalue weighted by Gasteiger charge is 2.18. The van der Waals surface area contributed by atoms with Gasteiger partial charge in [-0.15, -0.1) is 0 Å². The summed E-state index contributed by atoms with van der Waals surface area (Å²) in [5.41, 5.74) is 1.13. The molecule has 106 valence electrons. The Morgan fingerprint density at radius 3 is 2.58 bits per heavy atom. The van der Waals surface area contributed by atoms with Crippen LogP contribution in [-0.2, 0) is 17.9 Å². The van der Waals surface area contributed by atoms with Gasteiger partial charge in [-0.1, -0.05) is 0 Å². The number of carbonyl (C=O) groups is 1. The number of piperazine rings is 1. The van der Waals surface area contributed by atoms with E-state index < -0.39 is 5.97 Å². The number of aromatic nitrogens is 2. The third-order valence-corrected chi connectivity index (χ3v) is 3.25. The smallest absolute Gasteiger partial charge is 0.317 e. The van der Waals surface area contributed by atoms with E-state index >= 15 is 0 Å². The van der Waals surface area contributed by atoms with Gasteiger partial charge in [0.25, 0.3) is 0 Å². The molecule has 0 unspecified atom stereocenters. The highest BCUT2D eigenvalue weighted by atomic mass is 16.4. The zero-order valence-electron chi connectivity index (χ0n) is 10.9. The number of carboxylic acid groups (broad SMARTS) is 1. The molecule has 0 aromatic carbocycles. The standard InChI is InChI=1S/C12H20N4O3/c17-6-5-16-9-11(7-13-16)8-14-1-3-15(4-2-14)10-12(18)19/h7,9,17H,1-6,8,10H2,(H,18,19). The third-order valence-electron chi connectivity index (χ3n) is 3.25. The van der Waals surface area contributed by atoms with Crippen LogP contribution in [0.1, 0.15) is 5.56 Å². The lowest BCUT2D eigenvalue weighted by Gasteiger charge is -2.33. The molecule has 2 heterocycles. The fourth-order valence-electron chi connectivity index (χ4n) is 2.27. The summed E-state index contributed by atoms with van der Waals surface area (Å²) in [5, 5.41) is 21.7. The Hall–Kier alpha value is -1.44. The summed E-state index contributed by atoms with van der Waals surface area (Å²) in [5.74, 6) is -0.765. The Bertz CT molecular complexity index is 413. The number of aliphatic carboxylic acids is 1. The van der Waals surface area contributed by atoms with E-state index in [1.807, 2.05) is 17.3 Å². The van der Waals surface area contributed by atoms with Crippen molar-refractivity contribution in [1.29, 1.82) is 0 Å². The predicted octanol–water partition coefficient (Wildman–Crippen LogP) is -0.922. The first kappa shape index (κ1) is 14.0. The van der Waals surface area contributed by atoms with E-state index in [-0.39, 0.29) is 13.2 Å². The molecule has 1 aliphatic heterocycles. The van der Waals surface area contributed by atoms with Crippen molar-refractivity contribution in [2.24, 2.45) is 0 Å². The van der Waals surface area contributed by atoms with Gasteiger partial charge in [-0.3, -0.25) is 19.3 Å². The Morgan fingerprint density at radius 2 is 1.95 bits per heavy atom. The van der Waals surface area contributed by atoms with E-state index in [0.717, 1.165) is 38.3 Å². The van der Waals surface area contributed by atoms with Gasteiger partial charge in [-0.2, -0.15) is 5.10 Å². The largest absolute Gasteiger partial charge is 0.480 e. The molecule has 1 aliphatic rings. The molecule has 2 rings (SSSR count). The lowest BCUT2D eigenvalue weighted by Crippen LogP contribution is -2.47. The summed E-state index contributed by atoms with van der Waals surface area (Å²) in [6, 6.07) is 0. The minimum absolute atomic E-state index is 0.0922. The van der Waals surface area contributed by atoms with Gasteiger partial charge < -0.3 is 10.2 Å². The summed E-state index contributed by atoms with van der Waals surface area (Å²) < 4.78 is 1.73. The van der Waals surface area contributed by atoms with Crippen molar-refractivity contribution in [1.82, 2.24) is 19.6 Å². The Labute approximate surface area is 112 Å². The second-order valence-corrected chi connectivity index (χ2v) is 4.78. The van der Waals surface area contributed by atoms with E-state index in [4.69, 9.17) is 10.2 Å². The normalized spacial score (nSPS) is 17.7. The van der Waals surface area contributed by atoms with Gasteiger partial charge in [0, 0.05) is 44.5 Å². The average Bonchev–Trinajstić information content (AvgIpc) is 2.79. The minimum Gasteiger partial charge on any atom is -0.480 e. The van der Waals surface area contributed by atoms with Crippen molar-refractivity contribution in [2.45, 2.75) is 13.1 Å². The molecule has 0 radical (unpaired) electrons. The fraction of sp³-hybridized carbons (Fsp3) is 0.667. The highest BCUT2D eigenvalue weighted by molar-refractivity contribution is 5.69. The van der Waals surface area contributed by atoms with Crippen molar-refractivity contribution >= 4 is 5.97 Å². The molecule has 19 heavy (non-hydrogen) atoms. The van der Waals surface area contributed by atoms with Gasteiger partial charge in [0.05, 0.1) is 25.9 Å². The van der Waals surface area contributed by atoms with E-state index in [1.165, 1.54) is 0 Å². The van der Waals surface area contributed by atoms with Gasteiger partial charge in [-0.05, 0) is 0 Å². The maximum absolute atomic E-state index is 10.6. The molecular formula is C12H20N4O3. The van der Waals surface area contributed by atoms with Crippen molar-refractivity contribution in [2.75, 3.05) is 39.3 Å². The van der Waals surface area contributed by atoms with Gasteiger partial charge in [0.15, 0.2) is 0 Å². The molecule has 0 saturated carbocycles. The first-order chi connectivity index (χ1) is 9.17. The zero-order chi connectivity index (χ0) is 13.7. The molecule has 0 spiro atoms. The average molecular weight is 268 g/mol. The number of rotatable bonds is 6. The van der Waals surface area contributed by atoms with Gasteiger partial charge in [0.2, 0.25) is 0 Å². The SMILES string of the molecule is O=C(O)CN1CCN(Cc2cnn(CCO)c2)CC1. The van der Waals surface area contributed by atoms with E-state index in [1.54, 1.807) is 4.68 Å². The molecular weight excluding hydrogens is 248 g/mol. The van der Waals surface area contributed by atoms with E-state index in [0.29, 0.717) is 6.54 Å². The predicted molar refractivity (Wildman–Crippen MR) is 68.7 cm³/mol. The van der Waals surface area contributed by atoms with Crippen molar-refractivity contribution < 1.29 is 15.0 Å². The second-order valence-electron chi connectivity index (χ2n) is 4.78. The maximum Gasteiger partial charge on any atom is 0.317 e. The Morgan fingerprint density at radius 1 is 1.26 bits per heavy atom. The molecule has 2 N–H and O–H groups in total. The number of aliphatic hydroxyl groups excluding tert-OH is 1. The minimum atomic E-state index is -0.765. The molecule has 1 saturated heterocycles. The van der Waals surface area contributed by atoms with Crippen LogP contribution in [0, 0.1) is 0 Å². The molecule has 0 amide bonds. The molecule has 1 aromatic rings. The first-order valence-corrected chi connectivity index (χ1v) is 6.46. The quantitative estimate of drug-likeness (QED) is 0.694. The van der Waals surface area contributed by atoms with Crippen molar-refractivity contribution in [3.63, 3.8) is 0 Å². The van der Waals surface area contributed by atoms with Crippen molar-refractivity contribution in [3.8, 4) is 0 Å². The van der Waals surface area contributed by atoms with Crippen LogP contribution in [0.25, 0.3) is 0 Å². The first-order valence-electron chi connectivity index (χ1n) is 6.46. The molecule has 0 atom stereocenters. The van der Waals surface area contributed by atoms with Crippen LogP contribution in [0.4, 0.5) is 0 Å². The highest BCUT2D eigenvalue weighted by Crippen LogP contribution is 2.07.